The predicted molar refractivity (Wildman–Crippen MR) is 80.6 cm³/mol. The summed E-state index contributed by atoms with van der Waals surface area (Å²) in [5.41, 5.74) is 0. The number of hydrogen-bond donors (Lipinski definition) is 1. The van der Waals surface area contributed by atoms with Crippen LogP contribution >= 0.6 is 15.9 Å². The molecule has 3 nitrogen and oxygen atoms in total. The molecule has 1 aromatic rings. The van der Waals surface area contributed by atoms with E-state index in [2.05, 4.69) is 28.2 Å². The molecule has 1 N–H and O–H groups in total. The fraction of sp³-hybridized carbons (Fsp3) is 0.600. The van der Waals surface area contributed by atoms with Gasteiger partial charge in [-0.15, -0.1) is 0 Å². The van der Waals surface area contributed by atoms with Gasteiger partial charge in [-0.3, -0.25) is 0 Å². The van der Waals surface area contributed by atoms with Crippen LogP contribution in [0.3, 0.4) is 0 Å². The van der Waals surface area contributed by atoms with Crippen LogP contribution in [0, 0.1) is 11.6 Å². The van der Waals surface area contributed by atoms with E-state index in [-0.39, 0.29) is 28.5 Å². The molecular formula is C15H20BrF2NO2. The first-order valence-corrected chi connectivity index (χ1v) is 8.02. The first-order chi connectivity index (χ1) is 10.1. The topological polar surface area (TPSA) is 30.5 Å². The Balaban J connectivity index is 2.03. The van der Waals surface area contributed by atoms with Gasteiger partial charge in [-0.05, 0) is 41.9 Å². The molecular weight excluding hydrogens is 344 g/mol. The largest absolute Gasteiger partial charge is 0.483 e. The van der Waals surface area contributed by atoms with Crippen LogP contribution in [0.5, 0.6) is 5.75 Å². The van der Waals surface area contributed by atoms with Gasteiger partial charge in [-0.25, -0.2) is 8.78 Å². The fourth-order valence-corrected chi connectivity index (χ4v) is 2.94. The number of rotatable bonds is 7. The lowest BCUT2D eigenvalue weighted by molar-refractivity contribution is -0.105. The van der Waals surface area contributed by atoms with Gasteiger partial charge in [0, 0.05) is 25.1 Å². The summed E-state index contributed by atoms with van der Waals surface area (Å²) in [5, 5.41) is 3.39. The smallest absolute Gasteiger partial charge is 0.169 e. The monoisotopic (exact) mass is 363 g/mol. The molecule has 0 saturated heterocycles. The molecule has 0 aromatic heterocycles. The van der Waals surface area contributed by atoms with E-state index < -0.39 is 11.6 Å². The minimum Gasteiger partial charge on any atom is -0.483 e. The molecule has 0 radical (unpaired) electrons. The number of nitrogens with one attached hydrogen (secondary N) is 1. The minimum atomic E-state index is -0.706. The molecule has 2 rings (SSSR count). The quantitative estimate of drug-likeness (QED) is 0.801. The van der Waals surface area contributed by atoms with Crippen molar-refractivity contribution in [3.05, 3.63) is 28.2 Å². The molecule has 3 atom stereocenters. The summed E-state index contributed by atoms with van der Waals surface area (Å²) in [5.74, 6) is -1.30. The second-order valence-electron chi connectivity index (χ2n) is 5.07. The van der Waals surface area contributed by atoms with Crippen molar-refractivity contribution in [3.63, 3.8) is 0 Å². The Bertz CT molecular complexity index is 464. The summed E-state index contributed by atoms with van der Waals surface area (Å²) in [6.07, 6.45) is 1.45. The molecule has 1 fully saturated rings. The highest BCUT2D eigenvalue weighted by Crippen LogP contribution is 2.35. The molecule has 118 valence electrons. The maximum atomic E-state index is 13.8. The Labute approximate surface area is 132 Å². The van der Waals surface area contributed by atoms with E-state index in [1.165, 1.54) is 6.07 Å². The van der Waals surface area contributed by atoms with Crippen molar-refractivity contribution in [2.24, 2.45) is 0 Å². The zero-order valence-corrected chi connectivity index (χ0v) is 13.8. The Morgan fingerprint density at radius 3 is 2.71 bits per heavy atom. The molecule has 1 saturated carbocycles. The molecule has 0 aliphatic heterocycles. The van der Waals surface area contributed by atoms with Gasteiger partial charge in [0.1, 0.15) is 18.0 Å². The van der Waals surface area contributed by atoms with Crippen molar-refractivity contribution in [2.75, 3.05) is 13.2 Å². The van der Waals surface area contributed by atoms with Crippen molar-refractivity contribution < 1.29 is 18.3 Å². The van der Waals surface area contributed by atoms with Gasteiger partial charge in [-0.1, -0.05) is 6.92 Å². The van der Waals surface area contributed by atoms with Crippen molar-refractivity contribution in [2.45, 2.75) is 44.9 Å². The highest BCUT2D eigenvalue weighted by molar-refractivity contribution is 9.10. The maximum Gasteiger partial charge on any atom is 0.169 e. The van der Waals surface area contributed by atoms with E-state index in [1.54, 1.807) is 0 Å². The Kier molecular flexibility index (Phi) is 5.96. The first-order valence-electron chi connectivity index (χ1n) is 7.23. The third-order valence-electron chi connectivity index (χ3n) is 3.50. The van der Waals surface area contributed by atoms with E-state index >= 15 is 0 Å². The van der Waals surface area contributed by atoms with Gasteiger partial charge < -0.3 is 14.8 Å². The van der Waals surface area contributed by atoms with Gasteiger partial charge >= 0.3 is 0 Å². The fourth-order valence-electron chi connectivity index (χ4n) is 2.44. The van der Waals surface area contributed by atoms with Gasteiger partial charge in [0.2, 0.25) is 0 Å². The van der Waals surface area contributed by atoms with Crippen LogP contribution < -0.4 is 10.1 Å². The molecule has 1 aromatic carbocycles. The summed E-state index contributed by atoms with van der Waals surface area (Å²) >= 11 is 3.13. The second-order valence-corrected chi connectivity index (χ2v) is 5.93. The van der Waals surface area contributed by atoms with E-state index in [4.69, 9.17) is 9.47 Å². The molecule has 0 amide bonds. The van der Waals surface area contributed by atoms with Gasteiger partial charge in [0.15, 0.2) is 11.6 Å². The number of benzene rings is 1. The number of ether oxygens (including phenoxy) is 2. The van der Waals surface area contributed by atoms with Crippen LogP contribution in [0.15, 0.2) is 16.6 Å². The first kappa shape index (κ1) is 16.6. The maximum absolute atomic E-state index is 13.8. The average molecular weight is 364 g/mol. The van der Waals surface area contributed by atoms with Crippen LogP contribution in [-0.2, 0) is 4.74 Å². The molecule has 0 bridgehead atoms. The second kappa shape index (κ2) is 7.51. The van der Waals surface area contributed by atoms with Crippen LogP contribution in [0.1, 0.15) is 26.7 Å². The van der Waals surface area contributed by atoms with Crippen LogP contribution in [0.25, 0.3) is 0 Å². The Morgan fingerprint density at radius 2 is 2.10 bits per heavy atom. The summed E-state index contributed by atoms with van der Waals surface area (Å²) < 4.78 is 38.5. The van der Waals surface area contributed by atoms with E-state index in [0.717, 1.165) is 25.5 Å². The molecule has 0 heterocycles. The molecule has 0 spiro atoms. The molecule has 1 aliphatic carbocycles. The summed E-state index contributed by atoms with van der Waals surface area (Å²) in [4.78, 5) is 0. The third kappa shape index (κ3) is 3.93. The highest BCUT2D eigenvalue weighted by Gasteiger charge is 2.43. The summed E-state index contributed by atoms with van der Waals surface area (Å²) in [6, 6.07) is 2.23. The third-order valence-corrected chi connectivity index (χ3v) is 4.09. The molecule has 6 heteroatoms. The van der Waals surface area contributed by atoms with E-state index in [0.29, 0.717) is 6.61 Å². The average Bonchev–Trinajstić information content (AvgIpc) is 2.41. The highest BCUT2D eigenvalue weighted by atomic mass is 79.9. The van der Waals surface area contributed by atoms with Crippen molar-refractivity contribution in [3.8, 4) is 5.75 Å². The molecule has 3 unspecified atom stereocenters. The lowest BCUT2D eigenvalue weighted by Gasteiger charge is -2.44. The molecule has 1 aliphatic rings. The lowest BCUT2D eigenvalue weighted by atomic mass is 9.85. The van der Waals surface area contributed by atoms with Crippen LogP contribution in [-0.4, -0.2) is 31.4 Å². The van der Waals surface area contributed by atoms with Crippen LogP contribution in [0.4, 0.5) is 8.78 Å². The van der Waals surface area contributed by atoms with Gasteiger partial charge in [-0.2, -0.15) is 0 Å². The lowest BCUT2D eigenvalue weighted by Crippen LogP contribution is -2.61. The van der Waals surface area contributed by atoms with Gasteiger partial charge in [0.25, 0.3) is 0 Å². The normalized spacial score (nSPS) is 24.7. The number of hydrogen-bond acceptors (Lipinski definition) is 3. The van der Waals surface area contributed by atoms with Crippen LogP contribution in [0.2, 0.25) is 0 Å². The zero-order valence-electron chi connectivity index (χ0n) is 12.2. The van der Waals surface area contributed by atoms with E-state index in [9.17, 15) is 8.78 Å². The van der Waals surface area contributed by atoms with E-state index in [1.807, 2.05) is 6.92 Å². The zero-order chi connectivity index (χ0) is 15.4. The van der Waals surface area contributed by atoms with Crippen molar-refractivity contribution >= 4 is 15.9 Å². The SMILES string of the molecule is CCCNC1CC(Oc2c(F)cc(F)cc2Br)C1OCC. The standard InChI is InChI=1S/C15H20BrF2NO2/c1-3-5-19-12-8-13(15(12)20-4-2)21-14-10(16)6-9(17)7-11(14)18/h6-7,12-13,15,19H,3-5,8H2,1-2H3. The minimum absolute atomic E-state index is 0.0417. The van der Waals surface area contributed by atoms with Gasteiger partial charge in [0.05, 0.1) is 4.47 Å². The predicted octanol–water partition coefficient (Wildman–Crippen LogP) is 3.65. The summed E-state index contributed by atoms with van der Waals surface area (Å²) in [7, 11) is 0. The van der Waals surface area contributed by atoms with Crippen molar-refractivity contribution in [1.82, 2.24) is 5.32 Å². The Morgan fingerprint density at radius 1 is 1.33 bits per heavy atom. The number of halogens is 3. The Hall–Kier alpha value is -0.720. The van der Waals surface area contributed by atoms with Crippen molar-refractivity contribution in [1.29, 1.82) is 0 Å². The molecule has 21 heavy (non-hydrogen) atoms. The summed E-state index contributed by atoms with van der Waals surface area (Å²) in [6.45, 7) is 5.50.